The maximum atomic E-state index is 12.5. The van der Waals surface area contributed by atoms with Crippen LogP contribution in [0.3, 0.4) is 0 Å². The van der Waals surface area contributed by atoms with Crippen molar-refractivity contribution in [2.24, 2.45) is 0 Å². The Morgan fingerprint density at radius 3 is 2.68 bits per heavy atom. The van der Waals surface area contributed by atoms with Crippen molar-refractivity contribution in [2.75, 3.05) is 17.2 Å². The molecule has 28 heavy (non-hydrogen) atoms. The molecule has 3 aromatic rings. The van der Waals surface area contributed by atoms with Gasteiger partial charge in [0.05, 0.1) is 11.6 Å². The number of anilines is 2. The zero-order chi connectivity index (χ0) is 19.9. The first kappa shape index (κ1) is 19.3. The van der Waals surface area contributed by atoms with Crippen molar-refractivity contribution in [3.05, 3.63) is 82.1 Å². The fourth-order valence-electron chi connectivity index (χ4n) is 2.60. The van der Waals surface area contributed by atoms with Crippen molar-refractivity contribution >= 4 is 29.1 Å². The number of nitriles is 1. The summed E-state index contributed by atoms with van der Waals surface area (Å²) in [7, 11) is 0. The van der Waals surface area contributed by atoms with Crippen LogP contribution in [0.25, 0.3) is 0 Å². The number of benzene rings is 2. The Bertz CT molecular complexity index is 1030. The quantitative estimate of drug-likeness (QED) is 0.656. The van der Waals surface area contributed by atoms with Gasteiger partial charge in [-0.2, -0.15) is 5.26 Å². The summed E-state index contributed by atoms with van der Waals surface area (Å²) < 4.78 is 0. The Morgan fingerprint density at radius 2 is 1.93 bits per heavy atom. The molecule has 0 unspecified atom stereocenters. The first-order valence-electron chi connectivity index (χ1n) is 8.69. The van der Waals surface area contributed by atoms with E-state index in [2.05, 4.69) is 20.6 Å². The molecule has 0 aliphatic heterocycles. The van der Waals surface area contributed by atoms with E-state index in [0.717, 1.165) is 12.0 Å². The van der Waals surface area contributed by atoms with Gasteiger partial charge in [0.15, 0.2) is 0 Å². The minimum atomic E-state index is -0.360. The minimum absolute atomic E-state index is 0.254. The van der Waals surface area contributed by atoms with Crippen molar-refractivity contribution in [3.8, 4) is 6.07 Å². The molecule has 0 atom stereocenters. The molecule has 1 amide bonds. The van der Waals surface area contributed by atoms with Gasteiger partial charge in [0.1, 0.15) is 5.69 Å². The van der Waals surface area contributed by atoms with Gasteiger partial charge in [-0.25, -0.2) is 9.97 Å². The molecule has 3 rings (SSSR count). The van der Waals surface area contributed by atoms with Crippen LogP contribution >= 0.6 is 11.6 Å². The monoisotopic (exact) mass is 391 g/mol. The lowest BCUT2D eigenvalue weighted by atomic mass is 10.1. The molecule has 140 valence electrons. The normalized spacial score (nSPS) is 10.2. The van der Waals surface area contributed by atoms with Crippen LogP contribution in [0.1, 0.15) is 27.3 Å². The molecule has 6 nitrogen and oxygen atoms in total. The predicted molar refractivity (Wildman–Crippen MR) is 110 cm³/mol. The number of hydrogen-bond donors (Lipinski definition) is 2. The molecule has 0 radical (unpaired) electrons. The third-order valence-electron chi connectivity index (χ3n) is 3.95. The second-order valence-electron chi connectivity index (χ2n) is 6.17. The number of nitrogens with one attached hydrogen (secondary N) is 2. The Morgan fingerprint density at radius 1 is 1.14 bits per heavy atom. The van der Waals surface area contributed by atoms with Gasteiger partial charge >= 0.3 is 0 Å². The number of carbonyl (C=O) groups excluding carboxylic acids is 1. The van der Waals surface area contributed by atoms with Crippen LogP contribution in [0.2, 0.25) is 5.02 Å². The summed E-state index contributed by atoms with van der Waals surface area (Å²) in [6.07, 6.45) is 0.775. The summed E-state index contributed by atoms with van der Waals surface area (Å²) in [6, 6.07) is 18.0. The van der Waals surface area contributed by atoms with Crippen LogP contribution in [0.4, 0.5) is 11.6 Å². The van der Waals surface area contributed by atoms with Crippen LogP contribution in [0.5, 0.6) is 0 Å². The van der Waals surface area contributed by atoms with E-state index in [1.54, 1.807) is 37.3 Å². The van der Waals surface area contributed by atoms with E-state index < -0.39 is 0 Å². The van der Waals surface area contributed by atoms with E-state index in [4.69, 9.17) is 16.9 Å². The third-order valence-corrected chi connectivity index (χ3v) is 4.20. The first-order chi connectivity index (χ1) is 13.5. The van der Waals surface area contributed by atoms with Crippen molar-refractivity contribution in [1.29, 1.82) is 5.26 Å². The summed E-state index contributed by atoms with van der Waals surface area (Å²) in [4.78, 5) is 21.1. The largest absolute Gasteiger partial charge is 0.354 e. The number of rotatable bonds is 6. The van der Waals surface area contributed by atoms with Gasteiger partial charge < -0.3 is 10.6 Å². The zero-order valence-corrected chi connectivity index (χ0v) is 16.0. The SMILES string of the molecule is Cc1cc(C(=O)Nc2cccc(C#N)c2)nc(NCCc2ccc(Cl)cc2)n1. The molecule has 2 N–H and O–H groups in total. The van der Waals surface area contributed by atoms with Crippen LogP contribution in [-0.4, -0.2) is 22.4 Å². The van der Waals surface area contributed by atoms with E-state index in [9.17, 15) is 4.79 Å². The lowest BCUT2D eigenvalue weighted by Crippen LogP contribution is -2.17. The van der Waals surface area contributed by atoms with Crippen molar-refractivity contribution in [3.63, 3.8) is 0 Å². The van der Waals surface area contributed by atoms with Gasteiger partial charge in [-0.15, -0.1) is 0 Å². The average Bonchev–Trinajstić information content (AvgIpc) is 2.69. The molecule has 0 saturated carbocycles. The summed E-state index contributed by atoms with van der Waals surface area (Å²) in [5, 5.41) is 15.6. The lowest BCUT2D eigenvalue weighted by Gasteiger charge is -2.09. The molecule has 0 bridgehead atoms. The summed E-state index contributed by atoms with van der Waals surface area (Å²) in [5.41, 5.74) is 3.09. The number of aryl methyl sites for hydroxylation is 1. The van der Waals surface area contributed by atoms with Gasteiger partial charge in [-0.05, 0) is 55.3 Å². The Hall–Kier alpha value is -3.43. The smallest absolute Gasteiger partial charge is 0.274 e. The first-order valence-corrected chi connectivity index (χ1v) is 9.07. The number of halogens is 1. The Labute approximate surface area is 168 Å². The lowest BCUT2D eigenvalue weighted by molar-refractivity contribution is 0.102. The van der Waals surface area contributed by atoms with Gasteiger partial charge in [-0.3, -0.25) is 4.79 Å². The van der Waals surface area contributed by atoms with Crippen molar-refractivity contribution in [1.82, 2.24) is 9.97 Å². The second-order valence-corrected chi connectivity index (χ2v) is 6.60. The zero-order valence-electron chi connectivity index (χ0n) is 15.2. The number of carbonyl (C=O) groups is 1. The fourth-order valence-corrected chi connectivity index (χ4v) is 2.72. The summed E-state index contributed by atoms with van der Waals surface area (Å²) in [6.45, 7) is 2.43. The highest BCUT2D eigenvalue weighted by molar-refractivity contribution is 6.30. The molecular weight excluding hydrogens is 374 g/mol. The second kappa shape index (κ2) is 8.98. The van der Waals surface area contributed by atoms with Gasteiger partial charge in [0, 0.05) is 22.9 Å². The number of amides is 1. The van der Waals surface area contributed by atoms with Crippen molar-refractivity contribution < 1.29 is 4.79 Å². The van der Waals surface area contributed by atoms with Gasteiger partial charge in [0.25, 0.3) is 5.91 Å². The van der Waals surface area contributed by atoms with Gasteiger partial charge in [0.2, 0.25) is 5.95 Å². The molecule has 0 saturated heterocycles. The molecule has 0 aliphatic rings. The summed E-state index contributed by atoms with van der Waals surface area (Å²) >= 11 is 5.89. The molecule has 1 aromatic heterocycles. The predicted octanol–water partition coefficient (Wildman–Crippen LogP) is 4.22. The van der Waals surface area contributed by atoms with Gasteiger partial charge in [-0.1, -0.05) is 29.8 Å². The summed E-state index contributed by atoms with van der Waals surface area (Å²) in [5.74, 6) is 0.0335. The van der Waals surface area contributed by atoms with E-state index in [0.29, 0.717) is 34.5 Å². The number of aromatic nitrogens is 2. The van der Waals surface area contributed by atoms with Crippen LogP contribution in [0.15, 0.2) is 54.6 Å². The Kier molecular flexibility index (Phi) is 6.20. The standard InChI is InChI=1S/C21H18ClN5O/c1-14-11-19(20(28)26-18-4-2-3-16(12-18)13-23)27-21(25-14)24-10-9-15-5-7-17(22)8-6-15/h2-8,11-12H,9-10H2,1H3,(H,26,28)(H,24,25,27). The fraction of sp³-hybridized carbons (Fsp3) is 0.143. The highest BCUT2D eigenvalue weighted by Crippen LogP contribution is 2.13. The maximum Gasteiger partial charge on any atom is 0.274 e. The minimum Gasteiger partial charge on any atom is -0.354 e. The molecule has 2 aromatic carbocycles. The van der Waals surface area contributed by atoms with Crippen LogP contribution in [0, 0.1) is 18.3 Å². The third kappa shape index (κ3) is 5.29. The maximum absolute atomic E-state index is 12.5. The average molecular weight is 392 g/mol. The molecule has 0 spiro atoms. The Balaban J connectivity index is 1.65. The number of nitrogens with zero attached hydrogens (tertiary/aromatic N) is 3. The van der Waals surface area contributed by atoms with E-state index in [1.807, 2.05) is 30.3 Å². The van der Waals surface area contributed by atoms with E-state index in [1.165, 1.54) is 0 Å². The number of hydrogen-bond acceptors (Lipinski definition) is 5. The van der Waals surface area contributed by atoms with E-state index >= 15 is 0 Å². The molecule has 7 heteroatoms. The van der Waals surface area contributed by atoms with Crippen molar-refractivity contribution in [2.45, 2.75) is 13.3 Å². The topological polar surface area (TPSA) is 90.7 Å². The highest BCUT2D eigenvalue weighted by Gasteiger charge is 2.11. The molecule has 0 aliphatic carbocycles. The highest BCUT2D eigenvalue weighted by atomic mass is 35.5. The van der Waals surface area contributed by atoms with Crippen LogP contribution in [-0.2, 0) is 6.42 Å². The van der Waals surface area contributed by atoms with E-state index in [-0.39, 0.29) is 11.6 Å². The molecule has 1 heterocycles. The van der Waals surface area contributed by atoms with Crippen LogP contribution < -0.4 is 10.6 Å². The molecular formula is C21H18ClN5O. The molecule has 0 fully saturated rings.